The topological polar surface area (TPSA) is 15.3 Å². The molecule has 1 saturated heterocycles. The van der Waals surface area contributed by atoms with Gasteiger partial charge in [0.15, 0.2) is 0 Å². The fourth-order valence-corrected chi connectivity index (χ4v) is 4.37. The van der Waals surface area contributed by atoms with Crippen molar-refractivity contribution in [3.8, 4) is 0 Å². The third-order valence-corrected chi connectivity index (χ3v) is 5.92. The van der Waals surface area contributed by atoms with Crippen molar-refractivity contribution in [2.24, 2.45) is 11.8 Å². The predicted octanol–water partition coefficient (Wildman–Crippen LogP) is 4.06. The third kappa shape index (κ3) is 4.46. The summed E-state index contributed by atoms with van der Waals surface area (Å²) in [5, 5.41) is 4.02. The number of nitrogens with one attached hydrogen (secondary N) is 1. The van der Waals surface area contributed by atoms with Crippen molar-refractivity contribution in [3.63, 3.8) is 0 Å². The number of nitrogens with zero attached hydrogens (tertiary/aromatic N) is 1. The summed E-state index contributed by atoms with van der Waals surface area (Å²) in [6, 6.07) is 1.48. The Morgan fingerprint density at radius 3 is 2.15 bits per heavy atom. The van der Waals surface area contributed by atoms with Crippen LogP contribution in [0.4, 0.5) is 0 Å². The second kappa shape index (κ2) is 8.38. The molecular formula is C18H36N2. The van der Waals surface area contributed by atoms with Crippen molar-refractivity contribution in [1.82, 2.24) is 10.2 Å². The Hall–Kier alpha value is -0.0800. The highest BCUT2D eigenvalue weighted by atomic mass is 15.1. The number of rotatable bonds is 6. The van der Waals surface area contributed by atoms with Gasteiger partial charge in [-0.2, -0.15) is 0 Å². The number of hydrogen-bond donors (Lipinski definition) is 1. The summed E-state index contributed by atoms with van der Waals surface area (Å²) >= 11 is 0. The zero-order valence-corrected chi connectivity index (χ0v) is 14.0. The van der Waals surface area contributed by atoms with E-state index < -0.39 is 0 Å². The Morgan fingerprint density at radius 2 is 1.60 bits per heavy atom. The van der Waals surface area contributed by atoms with Gasteiger partial charge in [0.2, 0.25) is 0 Å². The molecule has 0 aromatic rings. The molecule has 1 N–H and O–H groups in total. The van der Waals surface area contributed by atoms with E-state index in [0.717, 1.165) is 17.9 Å². The van der Waals surface area contributed by atoms with E-state index in [9.17, 15) is 0 Å². The molecule has 0 aromatic heterocycles. The van der Waals surface area contributed by atoms with Gasteiger partial charge >= 0.3 is 0 Å². The van der Waals surface area contributed by atoms with Crippen molar-refractivity contribution in [1.29, 1.82) is 0 Å². The van der Waals surface area contributed by atoms with E-state index in [2.05, 4.69) is 31.0 Å². The minimum Gasteiger partial charge on any atom is -0.311 e. The van der Waals surface area contributed by atoms with Crippen LogP contribution < -0.4 is 5.32 Å². The largest absolute Gasteiger partial charge is 0.311 e. The summed E-state index contributed by atoms with van der Waals surface area (Å²) in [6.45, 7) is 11.0. The molecular weight excluding hydrogens is 244 g/mol. The van der Waals surface area contributed by atoms with Crippen LogP contribution in [-0.4, -0.2) is 36.6 Å². The van der Waals surface area contributed by atoms with E-state index in [4.69, 9.17) is 0 Å². The fraction of sp³-hybridized carbons (Fsp3) is 1.00. The average molecular weight is 280 g/mol. The van der Waals surface area contributed by atoms with Gasteiger partial charge < -0.3 is 10.2 Å². The van der Waals surface area contributed by atoms with Crippen LogP contribution in [0, 0.1) is 11.8 Å². The quantitative estimate of drug-likeness (QED) is 0.789. The first-order valence-corrected chi connectivity index (χ1v) is 9.23. The highest BCUT2D eigenvalue weighted by Gasteiger charge is 2.28. The van der Waals surface area contributed by atoms with Crippen LogP contribution >= 0.6 is 0 Å². The van der Waals surface area contributed by atoms with Gasteiger partial charge in [0.1, 0.15) is 0 Å². The monoisotopic (exact) mass is 280 g/mol. The van der Waals surface area contributed by atoms with Gasteiger partial charge in [-0.3, -0.25) is 0 Å². The molecule has 2 atom stereocenters. The number of hydrogen-bond acceptors (Lipinski definition) is 2. The second-order valence-electron chi connectivity index (χ2n) is 7.14. The minimum absolute atomic E-state index is 0.709. The van der Waals surface area contributed by atoms with E-state index in [1.807, 2.05) is 0 Å². The Labute approximate surface area is 126 Å². The molecule has 1 saturated carbocycles. The molecule has 2 aliphatic rings. The average Bonchev–Trinajstić information content (AvgIpc) is 2.53. The lowest BCUT2D eigenvalue weighted by molar-refractivity contribution is 0.152. The first kappa shape index (κ1) is 16.3. The molecule has 0 aromatic carbocycles. The molecule has 0 bridgehead atoms. The fourth-order valence-electron chi connectivity index (χ4n) is 4.37. The molecule has 2 nitrogen and oxygen atoms in total. The normalized spacial score (nSPS) is 26.6. The van der Waals surface area contributed by atoms with E-state index in [1.165, 1.54) is 71.0 Å². The van der Waals surface area contributed by atoms with Crippen molar-refractivity contribution in [3.05, 3.63) is 0 Å². The van der Waals surface area contributed by atoms with E-state index in [1.54, 1.807) is 0 Å². The van der Waals surface area contributed by atoms with E-state index in [0.29, 0.717) is 6.04 Å². The maximum Gasteiger partial charge on any atom is 0.00952 e. The van der Waals surface area contributed by atoms with Crippen LogP contribution in [0.1, 0.15) is 72.1 Å². The van der Waals surface area contributed by atoms with Crippen LogP contribution in [0.5, 0.6) is 0 Å². The Morgan fingerprint density at radius 1 is 0.950 bits per heavy atom. The van der Waals surface area contributed by atoms with Crippen LogP contribution in [0.2, 0.25) is 0 Å². The second-order valence-corrected chi connectivity index (χ2v) is 7.14. The van der Waals surface area contributed by atoms with Crippen molar-refractivity contribution >= 4 is 0 Å². The first-order chi connectivity index (χ1) is 9.74. The van der Waals surface area contributed by atoms with Crippen LogP contribution in [0.25, 0.3) is 0 Å². The van der Waals surface area contributed by atoms with E-state index >= 15 is 0 Å². The number of piperidine rings is 1. The summed E-state index contributed by atoms with van der Waals surface area (Å²) in [6.07, 6.45) is 11.4. The standard InChI is InChI=1S/C18H36N2/c1-4-18(17-9-7-6-8-10-17)19-15(3)16-11-13-20(5-2)14-12-16/h15-19H,4-14H2,1-3H3. The van der Waals surface area contributed by atoms with Gasteiger partial charge in [0, 0.05) is 12.1 Å². The van der Waals surface area contributed by atoms with Crippen molar-refractivity contribution in [2.75, 3.05) is 19.6 Å². The summed E-state index contributed by atoms with van der Waals surface area (Å²) in [5.41, 5.74) is 0. The highest BCUT2D eigenvalue weighted by Crippen LogP contribution is 2.29. The van der Waals surface area contributed by atoms with Crippen LogP contribution in [0.15, 0.2) is 0 Å². The highest BCUT2D eigenvalue weighted by molar-refractivity contribution is 4.85. The maximum absolute atomic E-state index is 4.02. The molecule has 2 heteroatoms. The summed E-state index contributed by atoms with van der Waals surface area (Å²) < 4.78 is 0. The Balaban J connectivity index is 1.78. The van der Waals surface area contributed by atoms with Gasteiger partial charge in [0.05, 0.1) is 0 Å². The lowest BCUT2D eigenvalue weighted by Crippen LogP contribution is -2.47. The van der Waals surface area contributed by atoms with Crippen LogP contribution in [-0.2, 0) is 0 Å². The zero-order chi connectivity index (χ0) is 14.4. The van der Waals surface area contributed by atoms with Crippen molar-refractivity contribution in [2.45, 2.75) is 84.2 Å². The molecule has 2 fully saturated rings. The molecule has 2 unspecified atom stereocenters. The van der Waals surface area contributed by atoms with Gasteiger partial charge in [0.25, 0.3) is 0 Å². The smallest absolute Gasteiger partial charge is 0.00952 e. The van der Waals surface area contributed by atoms with E-state index in [-0.39, 0.29) is 0 Å². The van der Waals surface area contributed by atoms with Gasteiger partial charge in [-0.25, -0.2) is 0 Å². The molecule has 2 rings (SSSR count). The Bertz CT molecular complexity index is 252. The van der Waals surface area contributed by atoms with Crippen LogP contribution in [0.3, 0.4) is 0 Å². The molecule has 0 spiro atoms. The molecule has 1 aliphatic heterocycles. The predicted molar refractivity (Wildman–Crippen MR) is 88.1 cm³/mol. The first-order valence-electron chi connectivity index (χ1n) is 9.23. The van der Waals surface area contributed by atoms with Gasteiger partial charge in [-0.15, -0.1) is 0 Å². The summed E-state index contributed by atoms with van der Waals surface area (Å²) in [5.74, 6) is 1.85. The van der Waals surface area contributed by atoms with Crippen molar-refractivity contribution < 1.29 is 0 Å². The minimum atomic E-state index is 0.709. The molecule has 0 radical (unpaired) electrons. The maximum atomic E-state index is 4.02. The zero-order valence-electron chi connectivity index (χ0n) is 14.0. The lowest BCUT2D eigenvalue weighted by atomic mass is 9.81. The number of likely N-dealkylation sites (tertiary alicyclic amines) is 1. The summed E-state index contributed by atoms with van der Waals surface area (Å²) in [7, 11) is 0. The third-order valence-electron chi connectivity index (χ3n) is 5.92. The molecule has 118 valence electrons. The SMILES string of the molecule is CCC(NC(C)C1CCN(CC)CC1)C1CCCCC1. The molecule has 1 aliphatic carbocycles. The molecule has 0 amide bonds. The molecule has 1 heterocycles. The summed E-state index contributed by atoms with van der Waals surface area (Å²) in [4.78, 5) is 2.60. The van der Waals surface area contributed by atoms with Gasteiger partial charge in [-0.05, 0) is 70.5 Å². The van der Waals surface area contributed by atoms with Gasteiger partial charge in [-0.1, -0.05) is 33.1 Å². The molecule has 20 heavy (non-hydrogen) atoms. The Kier molecular flexibility index (Phi) is 6.83. The lowest BCUT2D eigenvalue weighted by Gasteiger charge is -2.38.